The van der Waals surface area contributed by atoms with Crippen molar-refractivity contribution in [3.63, 3.8) is 0 Å². The van der Waals surface area contributed by atoms with Crippen LogP contribution in [0.5, 0.6) is 17.4 Å². The molecule has 34 heavy (non-hydrogen) atoms. The first-order valence-corrected chi connectivity index (χ1v) is 10.6. The summed E-state index contributed by atoms with van der Waals surface area (Å²) in [4.78, 5) is 13.4. The molecule has 0 amide bonds. The predicted molar refractivity (Wildman–Crippen MR) is 128 cm³/mol. The van der Waals surface area contributed by atoms with Crippen LogP contribution >= 0.6 is 0 Å². The molecule has 0 aliphatic rings. The maximum atomic E-state index is 10.3. The molecule has 6 nitrogen and oxygen atoms in total. The van der Waals surface area contributed by atoms with Crippen molar-refractivity contribution >= 4 is 32.8 Å². The maximum absolute atomic E-state index is 10.3. The molecule has 6 aromatic rings. The molecule has 1 N–H and O–H groups in total. The summed E-state index contributed by atoms with van der Waals surface area (Å²) < 4.78 is 8.16. The largest absolute Gasteiger partial charge is 0.506 e. The fourth-order valence-electron chi connectivity index (χ4n) is 4.34. The van der Waals surface area contributed by atoms with Gasteiger partial charge in [-0.3, -0.25) is 0 Å². The minimum Gasteiger partial charge on any atom is -0.506 e. The molecule has 0 atom stereocenters. The third-order valence-electron chi connectivity index (χ3n) is 5.70. The first-order valence-electron chi connectivity index (χ1n) is 10.6. The van der Waals surface area contributed by atoms with Crippen LogP contribution in [0.25, 0.3) is 38.7 Å². The normalized spacial score (nSPS) is 11.1. The van der Waals surface area contributed by atoms with Crippen LogP contribution in [0.3, 0.4) is 0 Å². The van der Waals surface area contributed by atoms with Crippen molar-refractivity contribution in [2.75, 3.05) is 0 Å². The van der Waals surface area contributed by atoms with Crippen molar-refractivity contribution in [3.8, 4) is 23.2 Å². The molecule has 0 saturated carbocycles. The van der Waals surface area contributed by atoms with Crippen LogP contribution in [0.1, 0.15) is 11.1 Å². The first-order chi connectivity index (χ1) is 16.1. The van der Waals surface area contributed by atoms with Gasteiger partial charge < -0.3 is 14.4 Å². The van der Waals surface area contributed by atoms with Gasteiger partial charge in [0.25, 0.3) is 0 Å². The third kappa shape index (κ3) is 3.60. The van der Waals surface area contributed by atoms with E-state index in [1.54, 1.807) is 18.5 Å². The number of hydrogen-bond acceptors (Lipinski definition) is 5. The molecule has 0 radical (unpaired) electrons. The second kappa shape index (κ2) is 8.54. The molecule has 0 aliphatic heterocycles. The number of hydrogen-bond donors (Lipinski definition) is 1. The van der Waals surface area contributed by atoms with Gasteiger partial charge in [-0.2, -0.15) is 0 Å². The van der Waals surface area contributed by atoms with Crippen LogP contribution < -0.4 is 4.74 Å². The van der Waals surface area contributed by atoms with E-state index in [0.29, 0.717) is 16.8 Å². The molecule has 0 fully saturated rings. The zero-order valence-electron chi connectivity index (χ0n) is 18.4. The molecule has 7 heteroatoms. The van der Waals surface area contributed by atoms with Gasteiger partial charge in [0, 0.05) is 38.5 Å². The van der Waals surface area contributed by atoms with E-state index in [0.717, 1.165) is 38.8 Å². The van der Waals surface area contributed by atoms with E-state index in [1.165, 1.54) is 0 Å². The van der Waals surface area contributed by atoms with Crippen LogP contribution in [0.4, 0.5) is 0 Å². The summed E-state index contributed by atoms with van der Waals surface area (Å²) in [5.41, 5.74) is 4.91. The third-order valence-corrected chi connectivity index (χ3v) is 5.70. The predicted octanol–water partition coefficient (Wildman–Crippen LogP) is 6.03. The first kappa shape index (κ1) is 22.1. The molecule has 0 unspecified atom stereocenters. The minimum absolute atomic E-state index is 0. The molecule has 0 bridgehead atoms. The van der Waals surface area contributed by atoms with Gasteiger partial charge in [0.1, 0.15) is 17.1 Å². The van der Waals surface area contributed by atoms with Gasteiger partial charge in [-0.1, -0.05) is 42.1 Å². The number of benzene rings is 3. The summed E-state index contributed by atoms with van der Waals surface area (Å²) >= 11 is 0. The Kier molecular flexibility index (Phi) is 5.54. The van der Waals surface area contributed by atoms with Crippen molar-refractivity contribution in [1.82, 2.24) is 19.5 Å². The Bertz CT molecular complexity index is 1680. The number of phenolic OH excluding ortho intramolecular Hbond substituents is 1. The molecular weight excluding hydrogens is 607 g/mol. The fourth-order valence-corrected chi connectivity index (χ4v) is 4.34. The van der Waals surface area contributed by atoms with Gasteiger partial charge >= 0.3 is 0 Å². The summed E-state index contributed by atoms with van der Waals surface area (Å²) in [5, 5.41) is 12.5. The van der Waals surface area contributed by atoms with Crippen LogP contribution in [0.2, 0.25) is 0 Å². The smallest absolute Gasteiger partial charge is 0.236 e. The zero-order chi connectivity index (χ0) is 22.5. The quantitative estimate of drug-likeness (QED) is 0.243. The number of phenols is 1. The summed E-state index contributed by atoms with van der Waals surface area (Å²) in [6.07, 6.45) is 3.34. The molecule has 3 heterocycles. The van der Waals surface area contributed by atoms with Crippen molar-refractivity contribution < 1.29 is 30.9 Å². The summed E-state index contributed by atoms with van der Waals surface area (Å²) in [7, 11) is 0. The summed E-state index contributed by atoms with van der Waals surface area (Å²) in [6.45, 7) is 3.96. The maximum Gasteiger partial charge on any atom is 0.236 e. The van der Waals surface area contributed by atoms with Gasteiger partial charge in [0.05, 0.1) is 11.7 Å². The van der Waals surface area contributed by atoms with Crippen molar-refractivity contribution in [2.45, 2.75) is 13.8 Å². The Labute approximate surface area is 210 Å². The number of fused-ring (bicyclic) bond motifs is 4. The van der Waals surface area contributed by atoms with Crippen LogP contribution in [0.15, 0.2) is 73.1 Å². The molecule has 6 rings (SSSR count). The van der Waals surface area contributed by atoms with E-state index in [2.05, 4.69) is 44.6 Å². The van der Waals surface area contributed by atoms with Crippen molar-refractivity contribution in [2.24, 2.45) is 0 Å². The molecule has 0 aliphatic carbocycles. The number of ether oxygens (including phenoxy) is 1. The van der Waals surface area contributed by atoms with Crippen molar-refractivity contribution in [1.29, 1.82) is 0 Å². The second-order valence-corrected chi connectivity index (χ2v) is 8.04. The Morgan fingerprint density at radius 3 is 2.62 bits per heavy atom. The molecule has 170 valence electrons. The van der Waals surface area contributed by atoms with Gasteiger partial charge in [-0.25, -0.2) is 15.0 Å². The monoisotopic (exact) mass is 626 g/mol. The summed E-state index contributed by atoms with van der Waals surface area (Å²) in [6, 6.07) is 23.0. The Hall–Kier alpha value is -3.76. The standard InChI is InChI=1S/C27H19N4O2.Pt/c1-16-11-20-27(23(32)12-16)30-25(15-29-20)33-18-13-17(2)26-19-7-3-4-8-21(19)31(22(26)14-18)24-9-5-6-10-28-24;/h3-13,15,32H,1-2H3;/q-1;. The SMILES string of the molecule is Cc1cc(O)c2nc(Oc3[c-]c4c(c(C)c3)c3ccccc3n4-c3ccccn3)cnc2c1.[Pt]. The molecular formula is C27H19N4O2Pt-. The van der Waals surface area contributed by atoms with Gasteiger partial charge in [0.2, 0.25) is 5.88 Å². The number of para-hydroxylation sites is 1. The Morgan fingerprint density at radius 2 is 1.79 bits per heavy atom. The molecule has 3 aromatic heterocycles. The van der Waals surface area contributed by atoms with Gasteiger partial charge in [-0.15, -0.1) is 17.7 Å². The molecule has 0 saturated heterocycles. The Morgan fingerprint density at radius 1 is 0.971 bits per heavy atom. The molecule has 3 aromatic carbocycles. The van der Waals surface area contributed by atoms with Crippen LogP contribution in [-0.2, 0) is 21.1 Å². The Balaban J connectivity index is 0.00000241. The number of rotatable bonds is 3. The number of aromatic nitrogens is 4. The molecule has 0 spiro atoms. The van der Waals surface area contributed by atoms with E-state index in [4.69, 9.17) is 4.74 Å². The van der Waals surface area contributed by atoms with Gasteiger partial charge in [0.15, 0.2) is 0 Å². The minimum atomic E-state index is 0. The van der Waals surface area contributed by atoms with E-state index >= 15 is 0 Å². The number of nitrogens with zero attached hydrogens (tertiary/aromatic N) is 4. The van der Waals surface area contributed by atoms with Crippen LogP contribution in [-0.4, -0.2) is 24.6 Å². The second-order valence-electron chi connectivity index (χ2n) is 8.04. The summed E-state index contributed by atoms with van der Waals surface area (Å²) in [5.74, 6) is 1.69. The number of aromatic hydroxyl groups is 1. The van der Waals surface area contributed by atoms with E-state index in [9.17, 15) is 5.11 Å². The van der Waals surface area contributed by atoms with Crippen molar-refractivity contribution in [3.05, 3.63) is 90.3 Å². The van der Waals surface area contributed by atoms with E-state index in [1.807, 2.05) is 49.4 Å². The average molecular weight is 627 g/mol. The number of aryl methyl sites for hydroxylation is 2. The van der Waals surface area contributed by atoms with Gasteiger partial charge in [-0.05, 0) is 48.2 Å². The van der Waals surface area contributed by atoms with E-state index < -0.39 is 0 Å². The topological polar surface area (TPSA) is 73.1 Å². The zero-order valence-corrected chi connectivity index (χ0v) is 20.7. The van der Waals surface area contributed by atoms with Crippen LogP contribution in [0, 0.1) is 19.9 Å². The fraction of sp³-hybridized carbons (Fsp3) is 0.0741. The average Bonchev–Trinajstić information content (AvgIpc) is 3.14. The van der Waals surface area contributed by atoms with E-state index in [-0.39, 0.29) is 32.7 Å². The number of pyridine rings is 1.